The van der Waals surface area contributed by atoms with Gasteiger partial charge in [-0.1, -0.05) is 43.2 Å². The molecule has 31 heavy (non-hydrogen) atoms. The van der Waals surface area contributed by atoms with E-state index in [1.165, 1.54) is 18.4 Å². The van der Waals surface area contributed by atoms with Crippen LogP contribution in [-0.4, -0.2) is 55.6 Å². The summed E-state index contributed by atoms with van der Waals surface area (Å²) < 4.78 is 5.74. The topological polar surface area (TPSA) is 66.0 Å². The maximum absolute atomic E-state index is 12.6. The molecule has 1 atom stereocenters. The Morgan fingerprint density at radius 3 is 2.68 bits per heavy atom. The van der Waals surface area contributed by atoms with Crippen LogP contribution in [0.15, 0.2) is 35.3 Å². The fourth-order valence-electron chi connectivity index (χ4n) is 4.29. The molecule has 1 unspecified atom stereocenters. The zero-order valence-electron chi connectivity index (χ0n) is 18.9. The summed E-state index contributed by atoms with van der Waals surface area (Å²) in [5, 5.41) is 6.87. The monoisotopic (exact) mass is 542 g/mol. The number of rotatable bonds is 10. The summed E-state index contributed by atoms with van der Waals surface area (Å²) in [5.74, 6) is 1.51. The number of hydrogen-bond acceptors (Lipinski definition) is 3. The molecule has 1 amide bonds. The van der Waals surface area contributed by atoms with Gasteiger partial charge in [-0.2, -0.15) is 0 Å². The molecule has 1 aliphatic carbocycles. The van der Waals surface area contributed by atoms with E-state index in [1.807, 2.05) is 18.2 Å². The second-order valence-corrected chi connectivity index (χ2v) is 8.40. The summed E-state index contributed by atoms with van der Waals surface area (Å²) in [4.78, 5) is 19.4. The number of nitrogens with zero attached hydrogens (tertiary/aromatic N) is 2. The van der Waals surface area contributed by atoms with Crippen LogP contribution in [-0.2, 0) is 16.1 Å². The Morgan fingerprint density at radius 1 is 1.16 bits per heavy atom. The van der Waals surface area contributed by atoms with Gasteiger partial charge in [0.15, 0.2) is 5.96 Å². The summed E-state index contributed by atoms with van der Waals surface area (Å²) in [6, 6.07) is 10.6. The summed E-state index contributed by atoms with van der Waals surface area (Å²) in [7, 11) is 0. The molecule has 6 nitrogen and oxygen atoms in total. The molecule has 1 saturated heterocycles. The van der Waals surface area contributed by atoms with E-state index in [9.17, 15) is 4.79 Å². The molecule has 2 N–H and O–H groups in total. The minimum atomic E-state index is 0. The van der Waals surface area contributed by atoms with Gasteiger partial charge in [-0.25, -0.2) is 0 Å². The number of guanidine groups is 1. The molecule has 174 valence electrons. The molecule has 1 aromatic rings. The summed E-state index contributed by atoms with van der Waals surface area (Å²) in [6.45, 7) is 6.80. The zero-order valence-corrected chi connectivity index (χ0v) is 21.2. The maximum Gasteiger partial charge on any atom is 0.225 e. The molecule has 2 aliphatic rings. The highest BCUT2D eigenvalue weighted by atomic mass is 127. The fraction of sp³-hybridized carbons (Fsp3) is 0.667. The number of unbranched alkanes of at least 4 members (excludes halogenated alkanes) is 1. The van der Waals surface area contributed by atoms with Crippen LogP contribution in [0.1, 0.15) is 57.4 Å². The highest BCUT2D eigenvalue weighted by Gasteiger charge is 2.32. The first-order valence-corrected chi connectivity index (χ1v) is 11.7. The van der Waals surface area contributed by atoms with Crippen LogP contribution in [0.3, 0.4) is 0 Å². The Hall–Kier alpha value is -1.35. The Kier molecular flexibility index (Phi) is 12.3. The Bertz CT molecular complexity index is 665. The van der Waals surface area contributed by atoms with Crippen LogP contribution >= 0.6 is 24.0 Å². The van der Waals surface area contributed by atoms with Crippen LogP contribution in [0.4, 0.5) is 0 Å². The van der Waals surface area contributed by atoms with Crippen LogP contribution in [0.5, 0.6) is 0 Å². The number of carbonyl (C=O) groups excluding carboxylic acids is 1. The SMILES string of the molecule is CCNC(=NCCCCOCc1ccccc1)NC1CCN(C(=O)C2CCCC2)C1.I. The van der Waals surface area contributed by atoms with Crippen LogP contribution in [0, 0.1) is 5.92 Å². The van der Waals surface area contributed by atoms with E-state index in [0.717, 1.165) is 70.8 Å². The number of halogens is 1. The van der Waals surface area contributed by atoms with Crippen molar-refractivity contribution in [2.75, 3.05) is 32.8 Å². The molecule has 1 aliphatic heterocycles. The fourth-order valence-corrected chi connectivity index (χ4v) is 4.29. The van der Waals surface area contributed by atoms with Gasteiger partial charge in [0.2, 0.25) is 5.91 Å². The van der Waals surface area contributed by atoms with Crippen molar-refractivity contribution in [2.24, 2.45) is 10.9 Å². The van der Waals surface area contributed by atoms with E-state index in [1.54, 1.807) is 0 Å². The molecule has 3 rings (SSSR count). The number of nitrogens with one attached hydrogen (secondary N) is 2. The highest BCUT2D eigenvalue weighted by Crippen LogP contribution is 2.27. The van der Waals surface area contributed by atoms with Crippen molar-refractivity contribution in [3.8, 4) is 0 Å². The van der Waals surface area contributed by atoms with Crippen molar-refractivity contribution in [3.63, 3.8) is 0 Å². The van der Waals surface area contributed by atoms with Gasteiger partial charge in [-0.15, -0.1) is 24.0 Å². The molecular weight excluding hydrogens is 503 g/mol. The number of benzene rings is 1. The predicted molar refractivity (Wildman–Crippen MR) is 137 cm³/mol. The minimum Gasteiger partial charge on any atom is -0.377 e. The molecular formula is C24H39IN4O2. The molecule has 2 fully saturated rings. The normalized spacial score (nSPS) is 19.3. The van der Waals surface area contributed by atoms with Gasteiger partial charge in [0.05, 0.1) is 6.61 Å². The zero-order chi connectivity index (χ0) is 21.0. The molecule has 1 aromatic carbocycles. The highest BCUT2D eigenvalue weighted by molar-refractivity contribution is 14.0. The van der Waals surface area contributed by atoms with Crippen molar-refractivity contribution in [1.29, 1.82) is 0 Å². The molecule has 1 heterocycles. The van der Waals surface area contributed by atoms with Gasteiger partial charge in [0.1, 0.15) is 0 Å². The molecule has 1 saturated carbocycles. The number of hydrogen-bond donors (Lipinski definition) is 2. The first-order valence-electron chi connectivity index (χ1n) is 11.7. The van der Waals surface area contributed by atoms with E-state index in [2.05, 4.69) is 34.6 Å². The predicted octanol–water partition coefficient (Wildman–Crippen LogP) is 3.95. The summed E-state index contributed by atoms with van der Waals surface area (Å²) >= 11 is 0. The van der Waals surface area contributed by atoms with Gasteiger partial charge in [-0.3, -0.25) is 9.79 Å². The van der Waals surface area contributed by atoms with Gasteiger partial charge >= 0.3 is 0 Å². The first kappa shape index (κ1) is 25.9. The molecule has 0 spiro atoms. The number of likely N-dealkylation sites (tertiary alicyclic amines) is 1. The molecule has 0 bridgehead atoms. The summed E-state index contributed by atoms with van der Waals surface area (Å²) in [6.07, 6.45) is 7.57. The largest absolute Gasteiger partial charge is 0.377 e. The lowest BCUT2D eigenvalue weighted by Gasteiger charge is -2.21. The number of carbonyl (C=O) groups is 1. The van der Waals surface area contributed by atoms with E-state index in [-0.39, 0.29) is 29.9 Å². The average Bonchev–Trinajstić information content (AvgIpc) is 3.46. The number of aliphatic imine (C=N–C) groups is 1. The summed E-state index contributed by atoms with van der Waals surface area (Å²) in [5.41, 5.74) is 1.21. The third-order valence-electron chi connectivity index (χ3n) is 5.97. The van der Waals surface area contributed by atoms with Crippen LogP contribution < -0.4 is 10.6 Å². The lowest BCUT2D eigenvalue weighted by molar-refractivity contribution is -0.134. The van der Waals surface area contributed by atoms with Gasteiger partial charge < -0.3 is 20.3 Å². The molecule has 0 radical (unpaired) electrons. The minimum absolute atomic E-state index is 0. The molecule has 7 heteroatoms. The van der Waals surface area contributed by atoms with Crippen molar-refractivity contribution >= 4 is 35.8 Å². The first-order chi connectivity index (χ1) is 14.8. The Labute approximate surface area is 204 Å². The van der Waals surface area contributed by atoms with Crippen LogP contribution in [0.25, 0.3) is 0 Å². The van der Waals surface area contributed by atoms with Gasteiger partial charge in [0, 0.05) is 44.7 Å². The lowest BCUT2D eigenvalue weighted by Crippen LogP contribution is -2.45. The quantitative estimate of drug-likeness (QED) is 0.204. The number of amides is 1. The molecule has 0 aromatic heterocycles. The van der Waals surface area contributed by atoms with Crippen molar-refractivity contribution in [2.45, 2.75) is 64.5 Å². The second-order valence-electron chi connectivity index (χ2n) is 8.40. The standard InChI is InChI=1S/C24H38N4O2.HI/c1-2-25-24(26-15-8-9-17-30-19-20-10-4-3-5-11-20)27-22-14-16-28(18-22)23(29)21-12-6-7-13-21;/h3-5,10-11,21-22H,2,6-9,12-19H2,1H3,(H2,25,26,27);1H. The smallest absolute Gasteiger partial charge is 0.225 e. The maximum atomic E-state index is 12.6. The third-order valence-corrected chi connectivity index (χ3v) is 5.97. The van der Waals surface area contributed by atoms with Gasteiger partial charge in [-0.05, 0) is 44.6 Å². The average molecular weight is 543 g/mol. The van der Waals surface area contributed by atoms with Crippen molar-refractivity contribution in [1.82, 2.24) is 15.5 Å². The van der Waals surface area contributed by atoms with Crippen molar-refractivity contribution in [3.05, 3.63) is 35.9 Å². The number of ether oxygens (including phenoxy) is 1. The van der Waals surface area contributed by atoms with E-state index in [4.69, 9.17) is 9.73 Å². The van der Waals surface area contributed by atoms with E-state index < -0.39 is 0 Å². The van der Waals surface area contributed by atoms with Crippen LogP contribution in [0.2, 0.25) is 0 Å². The third kappa shape index (κ3) is 8.96. The van der Waals surface area contributed by atoms with Crippen molar-refractivity contribution < 1.29 is 9.53 Å². The lowest BCUT2D eigenvalue weighted by atomic mass is 10.1. The second kappa shape index (κ2) is 14.7. The van der Waals surface area contributed by atoms with Gasteiger partial charge in [0.25, 0.3) is 0 Å². The van der Waals surface area contributed by atoms with E-state index in [0.29, 0.717) is 18.6 Å². The Balaban J connectivity index is 0.00000341. The Morgan fingerprint density at radius 2 is 1.94 bits per heavy atom. The van der Waals surface area contributed by atoms with E-state index >= 15 is 0 Å².